The maximum atomic E-state index is 12.3. The molecular formula is C14H11BrCl3N3O. The van der Waals surface area contributed by atoms with Crippen LogP contribution in [0.25, 0.3) is 0 Å². The summed E-state index contributed by atoms with van der Waals surface area (Å²) in [6, 6.07) is 10.5. The molecule has 2 aromatic rings. The standard InChI is InChI=1S/C14H11BrCl3N3O/c15-11-6-2-1-5-10(11)12(22)21-13(14(16,17)18)20-9-4-3-7-19-8-9/h1-8,13,20H,(H,21,22)/t13-/m0/s1. The Labute approximate surface area is 151 Å². The highest BCUT2D eigenvalue weighted by atomic mass is 79.9. The summed E-state index contributed by atoms with van der Waals surface area (Å²) in [4.78, 5) is 16.3. The van der Waals surface area contributed by atoms with Gasteiger partial charge in [-0.2, -0.15) is 0 Å². The molecule has 1 aromatic carbocycles. The van der Waals surface area contributed by atoms with Crippen LogP contribution in [-0.2, 0) is 0 Å². The van der Waals surface area contributed by atoms with Crippen molar-refractivity contribution in [2.24, 2.45) is 0 Å². The molecule has 1 amide bonds. The summed E-state index contributed by atoms with van der Waals surface area (Å²) < 4.78 is -1.09. The van der Waals surface area contributed by atoms with Gasteiger partial charge in [-0.15, -0.1) is 0 Å². The van der Waals surface area contributed by atoms with Crippen LogP contribution in [0.15, 0.2) is 53.3 Å². The van der Waals surface area contributed by atoms with Crippen molar-refractivity contribution in [3.8, 4) is 0 Å². The Morgan fingerprint density at radius 1 is 1.18 bits per heavy atom. The van der Waals surface area contributed by atoms with Crippen molar-refractivity contribution in [2.75, 3.05) is 5.32 Å². The van der Waals surface area contributed by atoms with Gasteiger partial charge in [0.25, 0.3) is 5.91 Å². The van der Waals surface area contributed by atoms with E-state index < -0.39 is 9.96 Å². The first kappa shape index (κ1) is 17.3. The number of carbonyl (C=O) groups is 1. The van der Waals surface area contributed by atoms with Crippen LogP contribution in [0, 0.1) is 0 Å². The van der Waals surface area contributed by atoms with E-state index in [1.807, 2.05) is 0 Å². The van der Waals surface area contributed by atoms with Gasteiger partial charge in [0.1, 0.15) is 6.17 Å². The maximum absolute atomic E-state index is 12.3. The second kappa shape index (κ2) is 7.51. The average Bonchev–Trinajstić information content (AvgIpc) is 2.47. The third-order valence-corrected chi connectivity index (χ3v) is 4.04. The number of benzene rings is 1. The number of rotatable bonds is 4. The molecule has 0 aliphatic rings. The molecule has 4 nitrogen and oxygen atoms in total. The Balaban J connectivity index is 2.17. The van der Waals surface area contributed by atoms with Gasteiger partial charge in [-0.1, -0.05) is 46.9 Å². The Hall–Kier alpha value is -1.01. The molecule has 0 aliphatic carbocycles. The molecule has 2 N–H and O–H groups in total. The molecule has 1 aromatic heterocycles. The summed E-state index contributed by atoms with van der Waals surface area (Å²) in [6.07, 6.45) is 2.25. The molecule has 0 radical (unpaired) electrons. The number of pyridine rings is 1. The lowest BCUT2D eigenvalue weighted by molar-refractivity contribution is 0.0941. The fourth-order valence-corrected chi connectivity index (χ4v) is 2.46. The molecule has 1 atom stereocenters. The minimum atomic E-state index is -1.74. The number of amides is 1. The highest BCUT2D eigenvalue weighted by Crippen LogP contribution is 2.31. The maximum Gasteiger partial charge on any atom is 0.254 e. The largest absolute Gasteiger partial charge is 0.361 e. The van der Waals surface area contributed by atoms with E-state index in [1.54, 1.807) is 48.8 Å². The molecule has 0 unspecified atom stereocenters. The van der Waals surface area contributed by atoms with Crippen LogP contribution in [0.3, 0.4) is 0 Å². The number of halogens is 4. The summed E-state index contributed by atoms with van der Waals surface area (Å²) in [5, 5.41) is 5.59. The Bertz CT molecular complexity index is 649. The molecule has 0 aliphatic heterocycles. The van der Waals surface area contributed by atoms with E-state index in [0.717, 1.165) is 0 Å². The van der Waals surface area contributed by atoms with Gasteiger partial charge >= 0.3 is 0 Å². The summed E-state index contributed by atoms with van der Waals surface area (Å²) in [6.45, 7) is 0. The molecule has 8 heteroatoms. The average molecular weight is 424 g/mol. The molecule has 22 heavy (non-hydrogen) atoms. The van der Waals surface area contributed by atoms with Crippen molar-refractivity contribution in [2.45, 2.75) is 9.96 Å². The van der Waals surface area contributed by atoms with Gasteiger partial charge in [0, 0.05) is 16.9 Å². The number of alkyl halides is 3. The topological polar surface area (TPSA) is 54.0 Å². The zero-order valence-corrected chi connectivity index (χ0v) is 14.9. The summed E-state index contributed by atoms with van der Waals surface area (Å²) in [7, 11) is 0. The number of anilines is 1. The SMILES string of the molecule is O=C(N[C@H](Nc1cccnc1)C(Cl)(Cl)Cl)c1ccccc1Br. The fourth-order valence-electron chi connectivity index (χ4n) is 1.67. The summed E-state index contributed by atoms with van der Waals surface area (Å²) in [5.41, 5.74) is 1.06. The molecule has 2 rings (SSSR count). The summed E-state index contributed by atoms with van der Waals surface area (Å²) in [5.74, 6) is -0.375. The van der Waals surface area contributed by atoms with Crippen LogP contribution >= 0.6 is 50.7 Å². The zero-order chi connectivity index (χ0) is 16.2. The second-order valence-electron chi connectivity index (χ2n) is 4.31. The van der Waals surface area contributed by atoms with Gasteiger partial charge in [-0.3, -0.25) is 9.78 Å². The van der Waals surface area contributed by atoms with Gasteiger partial charge in [-0.05, 0) is 40.2 Å². The van der Waals surface area contributed by atoms with Crippen LogP contribution in [-0.4, -0.2) is 20.8 Å². The second-order valence-corrected chi connectivity index (χ2v) is 7.54. The number of hydrogen-bond donors (Lipinski definition) is 2. The highest BCUT2D eigenvalue weighted by Gasteiger charge is 2.34. The molecular weight excluding hydrogens is 412 g/mol. The number of carbonyl (C=O) groups excluding carboxylic acids is 1. The first-order valence-electron chi connectivity index (χ1n) is 6.16. The minimum absolute atomic E-state index is 0.375. The van der Waals surface area contributed by atoms with E-state index in [0.29, 0.717) is 15.7 Å². The normalized spacial score (nSPS) is 12.5. The summed E-state index contributed by atoms with van der Waals surface area (Å²) >= 11 is 21.1. The molecule has 0 bridgehead atoms. The van der Waals surface area contributed by atoms with Crippen molar-refractivity contribution < 1.29 is 4.79 Å². The van der Waals surface area contributed by atoms with Crippen LogP contribution in [0.5, 0.6) is 0 Å². The molecule has 116 valence electrons. The van der Waals surface area contributed by atoms with E-state index in [9.17, 15) is 4.79 Å². The molecule has 0 fully saturated rings. The van der Waals surface area contributed by atoms with Crippen molar-refractivity contribution in [3.63, 3.8) is 0 Å². The van der Waals surface area contributed by atoms with Gasteiger partial charge in [0.15, 0.2) is 0 Å². The van der Waals surface area contributed by atoms with Gasteiger partial charge in [0.2, 0.25) is 3.79 Å². The first-order chi connectivity index (χ1) is 10.4. The third-order valence-electron chi connectivity index (χ3n) is 2.69. The molecule has 0 saturated heterocycles. The van der Waals surface area contributed by atoms with E-state index >= 15 is 0 Å². The van der Waals surface area contributed by atoms with Crippen molar-refractivity contribution >= 4 is 62.3 Å². The van der Waals surface area contributed by atoms with E-state index in [2.05, 4.69) is 31.5 Å². The van der Waals surface area contributed by atoms with Crippen molar-refractivity contribution in [1.29, 1.82) is 0 Å². The Kier molecular flexibility index (Phi) is 5.92. The van der Waals surface area contributed by atoms with Crippen LogP contribution in [0.1, 0.15) is 10.4 Å². The van der Waals surface area contributed by atoms with Gasteiger partial charge in [0.05, 0.1) is 11.3 Å². The number of nitrogens with zero attached hydrogens (tertiary/aromatic N) is 1. The zero-order valence-electron chi connectivity index (χ0n) is 11.1. The molecule has 0 spiro atoms. The van der Waals surface area contributed by atoms with E-state index in [4.69, 9.17) is 34.8 Å². The van der Waals surface area contributed by atoms with Crippen LogP contribution in [0.2, 0.25) is 0 Å². The Morgan fingerprint density at radius 2 is 1.91 bits per heavy atom. The number of hydrogen-bond acceptors (Lipinski definition) is 3. The predicted molar refractivity (Wildman–Crippen MR) is 93.5 cm³/mol. The monoisotopic (exact) mass is 421 g/mol. The van der Waals surface area contributed by atoms with Crippen LogP contribution in [0.4, 0.5) is 5.69 Å². The van der Waals surface area contributed by atoms with E-state index in [1.165, 1.54) is 0 Å². The lowest BCUT2D eigenvalue weighted by Gasteiger charge is -2.27. The van der Waals surface area contributed by atoms with Crippen LogP contribution < -0.4 is 10.6 Å². The first-order valence-corrected chi connectivity index (χ1v) is 8.09. The molecule has 0 saturated carbocycles. The fraction of sp³-hybridized carbons (Fsp3) is 0.143. The smallest absolute Gasteiger partial charge is 0.254 e. The van der Waals surface area contributed by atoms with Crippen molar-refractivity contribution in [1.82, 2.24) is 10.3 Å². The number of aromatic nitrogens is 1. The molecule has 1 heterocycles. The van der Waals surface area contributed by atoms with Crippen molar-refractivity contribution in [3.05, 3.63) is 58.8 Å². The quantitative estimate of drug-likeness (QED) is 0.567. The lowest BCUT2D eigenvalue weighted by atomic mass is 10.2. The highest BCUT2D eigenvalue weighted by molar-refractivity contribution is 9.10. The predicted octanol–water partition coefficient (Wildman–Crippen LogP) is 4.38. The number of nitrogens with one attached hydrogen (secondary N) is 2. The van der Waals surface area contributed by atoms with Gasteiger partial charge in [-0.25, -0.2) is 0 Å². The van der Waals surface area contributed by atoms with Gasteiger partial charge < -0.3 is 10.6 Å². The lowest BCUT2D eigenvalue weighted by Crippen LogP contribution is -2.49. The van der Waals surface area contributed by atoms with E-state index in [-0.39, 0.29) is 5.91 Å². The minimum Gasteiger partial charge on any atom is -0.361 e. The third kappa shape index (κ3) is 4.74. The Morgan fingerprint density at radius 3 is 2.50 bits per heavy atom.